The molecule has 1 aromatic heterocycles. The van der Waals surface area contributed by atoms with Crippen molar-refractivity contribution in [2.45, 2.75) is 45.7 Å². The average molecular weight is 458 g/mol. The molecule has 0 saturated heterocycles. The molecule has 0 radical (unpaired) electrons. The predicted octanol–water partition coefficient (Wildman–Crippen LogP) is 4.48. The van der Waals surface area contributed by atoms with Crippen molar-refractivity contribution in [3.8, 4) is 0 Å². The molecule has 6 heteroatoms. The highest BCUT2D eigenvalue weighted by atomic mass is 127. The van der Waals surface area contributed by atoms with Crippen molar-refractivity contribution in [3.63, 3.8) is 0 Å². The Morgan fingerprint density at radius 2 is 1.92 bits per heavy atom. The van der Waals surface area contributed by atoms with Gasteiger partial charge in [0.15, 0.2) is 5.96 Å². The largest absolute Gasteiger partial charge is 0.351 e. The monoisotopic (exact) mass is 458 g/mol. The van der Waals surface area contributed by atoms with Gasteiger partial charge in [-0.05, 0) is 12.5 Å². The minimum absolute atomic E-state index is 0. The molecule has 0 bridgehead atoms. The van der Waals surface area contributed by atoms with Gasteiger partial charge in [0, 0.05) is 17.8 Å². The van der Waals surface area contributed by atoms with Crippen LogP contribution in [0.15, 0.2) is 40.7 Å². The molecule has 4 nitrogen and oxygen atoms in total. The molecule has 0 aliphatic heterocycles. The van der Waals surface area contributed by atoms with Crippen molar-refractivity contribution in [3.05, 3.63) is 52.0 Å². The van der Waals surface area contributed by atoms with Gasteiger partial charge in [-0.2, -0.15) is 0 Å². The van der Waals surface area contributed by atoms with Gasteiger partial charge in [-0.15, -0.1) is 35.3 Å². The summed E-state index contributed by atoms with van der Waals surface area (Å²) in [5, 5.41) is 10.0. The summed E-state index contributed by atoms with van der Waals surface area (Å²) >= 11 is 1.72. The summed E-state index contributed by atoms with van der Waals surface area (Å²) in [5.41, 5.74) is 2.39. The number of guanidine groups is 1. The Morgan fingerprint density at radius 3 is 2.46 bits per heavy atom. The summed E-state index contributed by atoms with van der Waals surface area (Å²) in [6, 6.07) is 10.5. The first-order chi connectivity index (χ1) is 10.9. The number of hydrogen-bond acceptors (Lipinski definition) is 3. The molecule has 1 heterocycles. The van der Waals surface area contributed by atoms with Gasteiger partial charge < -0.3 is 10.6 Å². The Balaban J connectivity index is 0.00000288. The fourth-order valence-corrected chi connectivity index (χ4v) is 3.04. The van der Waals surface area contributed by atoms with Crippen LogP contribution in [0.25, 0.3) is 0 Å². The van der Waals surface area contributed by atoms with Crippen molar-refractivity contribution >= 4 is 41.3 Å². The number of benzene rings is 1. The molecule has 1 unspecified atom stereocenters. The zero-order valence-corrected chi connectivity index (χ0v) is 18.1. The molecule has 2 rings (SSSR count). The van der Waals surface area contributed by atoms with Crippen LogP contribution in [0.2, 0.25) is 0 Å². The van der Waals surface area contributed by atoms with Gasteiger partial charge in [-0.25, -0.2) is 4.98 Å². The number of hydrogen-bond donors (Lipinski definition) is 2. The molecule has 0 fully saturated rings. The van der Waals surface area contributed by atoms with Crippen molar-refractivity contribution in [1.82, 2.24) is 15.6 Å². The smallest absolute Gasteiger partial charge is 0.191 e. The molecule has 2 aromatic rings. The molecular weight excluding hydrogens is 431 g/mol. The second-order valence-corrected chi connectivity index (χ2v) is 7.45. The number of thiazole rings is 1. The van der Waals surface area contributed by atoms with Crippen LogP contribution in [0, 0.1) is 0 Å². The maximum Gasteiger partial charge on any atom is 0.191 e. The van der Waals surface area contributed by atoms with Crippen molar-refractivity contribution < 1.29 is 0 Å². The first kappa shape index (κ1) is 20.9. The molecule has 0 aliphatic carbocycles. The van der Waals surface area contributed by atoms with E-state index in [1.54, 1.807) is 18.4 Å². The van der Waals surface area contributed by atoms with Crippen molar-refractivity contribution in [2.24, 2.45) is 4.99 Å². The molecule has 2 N–H and O–H groups in total. The van der Waals surface area contributed by atoms with E-state index in [2.05, 4.69) is 60.8 Å². The topological polar surface area (TPSA) is 49.3 Å². The first-order valence-corrected chi connectivity index (χ1v) is 8.75. The van der Waals surface area contributed by atoms with E-state index in [1.807, 2.05) is 18.2 Å². The van der Waals surface area contributed by atoms with E-state index in [1.165, 1.54) is 5.56 Å². The van der Waals surface area contributed by atoms with E-state index >= 15 is 0 Å². The van der Waals surface area contributed by atoms with Crippen LogP contribution in [-0.2, 0) is 12.0 Å². The molecule has 0 amide bonds. The fourth-order valence-electron chi connectivity index (χ4n) is 2.13. The van der Waals surface area contributed by atoms with Crippen LogP contribution < -0.4 is 10.6 Å². The van der Waals surface area contributed by atoms with Crippen LogP contribution >= 0.6 is 35.3 Å². The number of nitrogens with zero attached hydrogens (tertiary/aromatic N) is 2. The lowest BCUT2D eigenvalue weighted by Crippen LogP contribution is -2.38. The average Bonchev–Trinajstić information content (AvgIpc) is 3.01. The Bertz CT molecular complexity index is 647. The van der Waals surface area contributed by atoms with Gasteiger partial charge in [0.05, 0.1) is 23.3 Å². The molecule has 0 aliphatic rings. The third-order valence-electron chi connectivity index (χ3n) is 3.51. The zero-order chi connectivity index (χ0) is 16.9. The van der Waals surface area contributed by atoms with E-state index in [9.17, 15) is 0 Å². The van der Waals surface area contributed by atoms with Gasteiger partial charge in [0.25, 0.3) is 0 Å². The first-order valence-electron chi connectivity index (χ1n) is 7.87. The van der Waals surface area contributed by atoms with Gasteiger partial charge in [0.1, 0.15) is 0 Å². The summed E-state index contributed by atoms with van der Waals surface area (Å²) < 4.78 is 0. The van der Waals surface area contributed by atoms with Gasteiger partial charge in [-0.3, -0.25) is 4.99 Å². The Morgan fingerprint density at radius 1 is 1.25 bits per heavy atom. The van der Waals surface area contributed by atoms with Crippen molar-refractivity contribution in [2.75, 3.05) is 7.05 Å². The van der Waals surface area contributed by atoms with E-state index in [0.29, 0.717) is 6.54 Å². The fraction of sp³-hybridized carbons (Fsp3) is 0.444. The molecule has 1 aromatic carbocycles. The number of halogens is 1. The maximum atomic E-state index is 4.70. The molecular formula is C18H27IN4S. The quantitative estimate of drug-likeness (QED) is 0.404. The summed E-state index contributed by atoms with van der Waals surface area (Å²) in [6.45, 7) is 9.36. The molecule has 24 heavy (non-hydrogen) atoms. The van der Waals surface area contributed by atoms with Crippen molar-refractivity contribution in [1.29, 1.82) is 0 Å². The summed E-state index contributed by atoms with van der Waals surface area (Å²) in [5.74, 6) is 0.784. The maximum absolute atomic E-state index is 4.70. The molecule has 132 valence electrons. The lowest BCUT2D eigenvalue weighted by Gasteiger charge is -2.18. The SMILES string of the molecule is CN=C(NCc1csc(C(C)(C)C)n1)NC(C)c1ccccc1.I. The Kier molecular flexibility index (Phi) is 8.15. The van der Waals surface area contributed by atoms with Crippen LogP contribution in [0.5, 0.6) is 0 Å². The second-order valence-electron chi connectivity index (χ2n) is 6.60. The minimum atomic E-state index is 0. The predicted molar refractivity (Wildman–Crippen MR) is 114 cm³/mol. The molecule has 0 spiro atoms. The van der Waals surface area contributed by atoms with E-state index in [0.717, 1.165) is 16.7 Å². The normalized spacial score (nSPS) is 13.1. The number of nitrogens with one attached hydrogen (secondary N) is 2. The Hall–Kier alpha value is -1.15. The van der Waals surface area contributed by atoms with Gasteiger partial charge in [-0.1, -0.05) is 51.1 Å². The Labute approximate surface area is 166 Å². The van der Waals surface area contributed by atoms with Gasteiger partial charge >= 0.3 is 0 Å². The second kappa shape index (κ2) is 9.36. The number of rotatable bonds is 4. The summed E-state index contributed by atoms with van der Waals surface area (Å²) in [4.78, 5) is 8.99. The standard InChI is InChI=1S/C18H26N4S.HI/c1-13(14-9-7-6-8-10-14)21-17(19-5)20-11-15-12-23-16(22-15)18(2,3)4;/h6-10,12-13H,11H2,1-5H3,(H2,19,20,21);1H. The molecule has 1 atom stereocenters. The third-order valence-corrected chi connectivity index (χ3v) is 4.82. The van der Waals surface area contributed by atoms with E-state index in [-0.39, 0.29) is 35.4 Å². The van der Waals surface area contributed by atoms with E-state index < -0.39 is 0 Å². The van der Waals surface area contributed by atoms with Crippen LogP contribution in [-0.4, -0.2) is 18.0 Å². The lowest BCUT2D eigenvalue weighted by atomic mass is 9.98. The number of aromatic nitrogens is 1. The summed E-state index contributed by atoms with van der Waals surface area (Å²) in [7, 11) is 1.79. The molecule has 0 saturated carbocycles. The highest BCUT2D eigenvalue weighted by molar-refractivity contribution is 14.0. The van der Waals surface area contributed by atoms with E-state index in [4.69, 9.17) is 4.98 Å². The lowest BCUT2D eigenvalue weighted by molar-refractivity contribution is 0.582. The van der Waals surface area contributed by atoms with Crippen LogP contribution in [0.1, 0.15) is 50.0 Å². The minimum Gasteiger partial charge on any atom is -0.351 e. The third kappa shape index (κ3) is 6.05. The highest BCUT2D eigenvalue weighted by Crippen LogP contribution is 2.25. The summed E-state index contributed by atoms with van der Waals surface area (Å²) in [6.07, 6.45) is 0. The van der Waals surface area contributed by atoms with Crippen LogP contribution in [0.4, 0.5) is 0 Å². The highest BCUT2D eigenvalue weighted by Gasteiger charge is 2.18. The zero-order valence-electron chi connectivity index (χ0n) is 15.0. The number of aliphatic imine (C=N–C) groups is 1. The van der Waals surface area contributed by atoms with Gasteiger partial charge in [0.2, 0.25) is 0 Å². The van der Waals surface area contributed by atoms with Crippen LogP contribution in [0.3, 0.4) is 0 Å².